The van der Waals surface area contributed by atoms with Gasteiger partial charge in [0.25, 0.3) is 0 Å². The maximum Gasteiger partial charge on any atom is 0.419 e. The van der Waals surface area contributed by atoms with Crippen LogP contribution < -0.4 is 0 Å². The maximum absolute atomic E-state index is 14.8. The van der Waals surface area contributed by atoms with Crippen LogP contribution in [0.1, 0.15) is 16.7 Å². The standard InChI is InChI=1S/C21H15F4N/c1-12-6-8-17-14(10-12)15-11-13(2)7-9-18(15)26(17)19-5-3-4-16(20(19)22)21(23,24)25/h3-11H,1-2H3. The lowest BCUT2D eigenvalue weighted by Crippen LogP contribution is -2.10. The van der Waals surface area contributed by atoms with Gasteiger partial charge in [-0.1, -0.05) is 29.3 Å². The second-order valence-electron chi connectivity index (χ2n) is 6.51. The Kier molecular flexibility index (Phi) is 3.58. The van der Waals surface area contributed by atoms with Gasteiger partial charge in [0, 0.05) is 10.8 Å². The number of halogens is 4. The number of alkyl halides is 3. The second kappa shape index (κ2) is 5.59. The molecule has 0 N–H and O–H groups in total. The van der Waals surface area contributed by atoms with Crippen LogP contribution in [0.4, 0.5) is 17.6 Å². The van der Waals surface area contributed by atoms with Gasteiger partial charge in [-0.15, -0.1) is 0 Å². The molecule has 0 saturated carbocycles. The molecule has 3 aromatic carbocycles. The Hall–Kier alpha value is -2.82. The molecule has 1 nitrogen and oxygen atoms in total. The molecule has 0 fully saturated rings. The third-order valence-corrected chi connectivity index (χ3v) is 4.60. The minimum absolute atomic E-state index is 0.104. The van der Waals surface area contributed by atoms with Gasteiger partial charge in [-0.2, -0.15) is 13.2 Å². The van der Waals surface area contributed by atoms with Crippen LogP contribution in [0.5, 0.6) is 0 Å². The van der Waals surface area contributed by atoms with Gasteiger partial charge in [-0.3, -0.25) is 0 Å². The van der Waals surface area contributed by atoms with Crippen molar-refractivity contribution in [2.24, 2.45) is 0 Å². The van der Waals surface area contributed by atoms with Gasteiger partial charge in [0.1, 0.15) is 0 Å². The Labute approximate surface area is 147 Å². The maximum atomic E-state index is 14.8. The van der Waals surface area contributed by atoms with Crippen molar-refractivity contribution in [2.45, 2.75) is 20.0 Å². The first kappa shape index (κ1) is 16.6. The van der Waals surface area contributed by atoms with Crippen LogP contribution in [-0.2, 0) is 6.18 Å². The molecular formula is C21H15F4N. The van der Waals surface area contributed by atoms with Crippen molar-refractivity contribution >= 4 is 21.8 Å². The molecule has 1 aromatic heterocycles. The van der Waals surface area contributed by atoms with E-state index in [9.17, 15) is 17.6 Å². The first-order valence-corrected chi connectivity index (χ1v) is 8.15. The van der Waals surface area contributed by atoms with Crippen molar-refractivity contribution in [1.29, 1.82) is 0 Å². The predicted octanol–water partition coefficient (Wildman–Crippen LogP) is 6.56. The number of aromatic nitrogens is 1. The fraction of sp³-hybridized carbons (Fsp3) is 0.143. The highest BCUT2D eigenvalue weighted by Gasteiger charge is 2.35. The third kappa shape index (κ3) is 2.46. The molecular weight excluding hydrogens is 342 g/mol. The molecule has 0 aliphatic carbocycles. The van der Waals surface area contributed by atoms with Gasteiger partial charge in [-0.05, 0) is 50.2 Å². The highest BCUT2D eigenvalue weighted by atomic mass is 19.4. The number of hydrogen-bond donors (Lipinski definition) is 0. The van der Waals surface area contributed by atoms with Gasteiger partial charge in [0.2, 0.25) is 0 Å². The van der Waals surface area contributed by atoms with Crippen LogP contribution in [0.25, 0.3) is 27.5 Å². The van der Waals surface area contributed by atoms with Crippen LogP contribution in [-0.4, -0.2) is 4.57 Å². The summed E-state index contributed by atoms with van der Waals surface area (Å²) in [5.74, 6) is -1.26. The average Bonchev–Trinajstić information content (AvgIpc) is 2.87. The van der Waals surface area contributed by atoms with E-state index in [-0.39, 0.29) is 5.69 Å². The summed E-state index contributed by atoms with van der Waals surface area (Å²) >= 11 is 0. The Morgan fingerprint density at radius 2 is 1.31 bits per heavy atom. The van der Waals surface area contributed by atoms with E-state index >= 15 is 0 Å². The number of fused-ring (bicyclic) bond motifs is 3. The summed E-state index contributed by atoms with van der Waals surface area (Å²) in [5, 5.41) is 1.78. The molecule has 0 unspecified atom stereocenters. The lowest BCUT2D eigenvalue weighted by Gasteiger charge is -2.14. The smallest absolute Gasteiger partial charge is 0.306 e. The van der Waals surface area contributed by atoms with E-state index in [1.165, 1.54) is 12.1 Å². The molecule has 5 heteroatoms. The molecule has 0 amide bonds. The Bertz CT molecular complexity index is 1090. The van der Waals surface area contributed by atoms with Crippen LogP contribution in [0, 0.1) is 19.7 Å². The van der Waals surface area contributed by atoms with Gasteiger partial charge >= 0.3 is 6.18 Å². The first-order valence-electron chi connectivity index (χ1n) is 8.15. The molecule has 1 heterocycles. The summed E-state index contributed by atoms with van der Waals surface area (Å²) < 4.78 is 55.8. The largest absolute Gasteiger partial charge is 0.419 e. The van der Waals surface area contributed by atoms with Gasteiger partial charge in [0.05, 0.1) is 22.3 Å². The highest BCUT2D eigenvalue weighted by molar-refractivity contribution is 6.09. The Morgan fingerprint density at radius 1 is 0.769 bits per heavy atom. The molecule has 0 saturated heterocycles. The minimum atomic E-state index is -4.74. The van der Waals surface area contributed by atoms with Crippen molar-refractivity contribution < 1.29 is 17.6 Å². The van der Waals surface area contributed by atoms with Gasteiger partial charge in [0.15, 0.2) is 5.82 Å². The lowest BCUT2D eigenvalue weighted by molar-refractivity contribution is -0.139. The summed E-state index contributed by atoms with van der Waals surface area (Å²) in [6.45, 7) is 3.90. The molecule has 4 rings (SSSR count). The molecule has 132 valence electrons. The van der Waals surface area contributed by atoms with Crippen molar-refractivity contribution in [2.75, 3.05) is 0 Å². The molecule has 0 spiro atoms. The number of rotatable bonds is 1. The number of nitrogens with zero attached hydrogens (tertiary/aromatic N) is 1. The minimum Gasteiger partial charge on any atom is -0.306 e. The molecule has 0 aliphatic rings. The van der Waals surface area contributed by atoms with Crippen molar-refractivity contribution in [1.82, 2.24) is 4.57 Å². The number of benzene rings is 3. The van der Waals surface area contributed by atoms with E-state index < -0.39 is 17.6 Å². The van der Waals surface area contributed by atoms with Gasteiger partial charge < -0.3 is 4.57 Å². The highest BCUT2D eigenvalue weighted by Crippen LogP contribution is 2.37. The lowest BCUT2D eigenvalue weighted by atomic mass is 10.1. The Morgan fingerprint density at radius 3 is 1.81 bits per heavy atom. The van der Waals surface area contributed by atoms with Gasteiger partial charge in [-0.25, -0.2) is 4.39 Å². The van der Waals surface area contributed by atoms with E-state index in [1.54, 1.807) is 4.57 Å². The number of hydrogen-bond acceptors (Lipinski definition) is 0. The van der Waals surface area contributed by atoms with E-state index in [1.807, 2.05) is 50.2 Å². The van der Waals surface area contributed by atoms with Crippen LogP contribution in [0.15, 0.2) is 54.6 Å². The predicted molar refractivity (Wildman–Crippen MR) is 95.2 cm³/mol. The second-order valence-corrected chi connectivity index (χ2v) is 6.51. The zero-order valence-corrected chi connectivity index (χ0v) is 14.2. The average molecular weight is 357 g/mol. The fourth-order valence-electron chi connectivity index (χ4n) is 3.42. The quantitative estimate of drug-likeness (QED) is 0.340. The number of aryl methyl sites for hydroxylation is 2. The zero-order chi connectivity index (χ0) is 18.6. The summed E-state index contributed by atoms with van der Waals surface area (Å²) in [6, 6.07) is 14.7. The SMILES string of the molecule is Cc1ccc2c(c1)c1cc(C)ccc1n2-c1cccc(C(F)(F)F)c1F. The van der Waals surface area contributed by atoms with Crippen LogP contribution in [0.2, 0.25) is 0 Å². The van der Waals surface area contributed by atoms with E-state index in [0.29, 0.717) is 11.0 Å². The third-order valence-electron chi connectivity index (χ3n) is 4.60. The topological polar surface area (TPSA) is 4.93 Å². The molecule has 0 radical (unpaired) electrons. The monoisotopic (exact) mass is 357 g/mol. The molecule has 0 aliphatic heterocycles. The summed E-state index contributed by atoms with van der Waals surface area (Å²) in [4.78, 5) is 0. The van der Waals surface area contributed by atoms with Crippen LogP contribution >= 0.6 is 0 Å². The molecule has 0 atom stereocenters. The zero-order valence-electron chi connectivity index (χ0n) is 14.2. The first-order chi connectivity index (χ1) is 12.3. The van der Waals surface area contributed by atoms with Crippen molar-refractivity contribution in [3.8, 4) is 5.69 Å². The molecule has 0 bridgehead atoms. The van der Waals surface area contributed by atoms with Crippen LogP contribution in [0.3, 0.4) is 0 Å². The van der Waals surface area contributed by atoms with Crippen molar-refractivity contribution in [3.05, 3.63) is 77.1 Å². The molecule has 26 heavy (non-hydrogen) atoms. The Balaban J connectivity index is 2.15. The van der Waals surface area contributed by atoms with Crippen molar-refractivity contribution in [3.63, 3.8) is 0 Å². The summed E-state index contributed by atoms with van der Waals surface area (Å²) in [6.07, 6.45) is -4.74. The van der Waals surface area contributed by atoms with E-state index in [0.717, 1.165) is 28.0 Å². The van der Waals surface area contributed by atoms with E-state index in [4.69, 9.17) is 0 Å². The fourth-order valence-corrected chi connectivity index (χ4v) is 3.42. The molecule has 4 aromatic rings. The van der Waals surface area contributed by atoms with E-state index in [2.05, 4.69) is 0 Å². The summed E-state index contributed by atoms with van der Waals surface area (Å²) in [5.41, 5.74) is 2.05. The normalized spacial score (nSPS) is 12.2. The summed E-state index contributed by atoms with van der Waals surface area (Å²) in [7, 11) is 0.